The van der Waals surface area contributed by atoms with Gasteiger partial charge in [-0.1, -0.05) is 12.1 Å². The largest absolute Gasteiger partial charge is 0.467 e. The number of anilines is 1. The highest BCUT2D eigenvalue weighted by atomic mass is 16.3. The highest BCUT2D eigenvalue weighted by Gasteiger charge is 2.25. The first-order valence-corrected chi connectivity index (χ1v) is 8.03. The van der Waals surface area contributed by atoms with E-state index in [9.17, 15) is 9.90 Å². The predicted molar refractivity (Wildman–Crippen MR) is 88.2 cm³/mol. The molecule has 0 radical (unpaired) electrons. The van der Waals surface area contributed by atoms with Crippen molar-refractivity contribution in [1.29, 1.82) is 0 Å². The number of hydrogen-bond acceptors (Lipinski definition) is 4. The molecule has 0 bridgehead atoms. The van der Waals surface area contributed by atoms with Gasteiger partial charge in [-0.3, -0.25) is 4.79 Å². The van der Waals surface area contributed by atoms with E-state index >= 15 is 0 Å². The molecule has 1 amide bonds. The summed E-state index contributed by atoms with van der Waals surface area (Å²) in [6.07, 6.45) is 3.56. The fourth-order valence-electron chi connectivity index (χ4n) is 2.99. The molecule has 23 heavy (non-hydrogen) atoms. The van der Waals surface area contributed by atoms with E-state index < -0.39 is 0 Å². The van der Waals surface area contributed by atoms with Crippen molar-refractivity contribution in [1.82, 2.24) is 4.90 Å². The maximum absolute atomic E-state index is 12.8. The number of rotatable bonds is 5. The van der Waals surface area contributed by atoms with Gasteiger partial charge in [0.15, 0.2) is 0 Å². The number of carbonyl (C=O) groups is 1. The highest BCUT2D eigenvalue weighted by molar-refractivity contribution is 5.99. The second-order valence-corrected chi connectivity index (χ2v) is 5.92. The molecule has 1 aromatic carbocycles. The van der Waals surface area contributed by atoms with E-state index in [2.05, 4.69) is 5.32 Å². The van der Waals surface area contributed by atoms with Crippen molar-refractivity contribution >= 4 is 11.6 Å². The van der Waals surface area contributed by atoms with Crippen molar-refractivity contribution < 1.29 is 14.3 Å². The van der Waals surface area contributed by atoms with Crippen LogP contribution in [0.3, 0.4) is 0 Å². The number of para-hydroxylation sites is 1. The summed E-state index contributed by atoms with van der Waals surface area (Å²) in [6.45, 7) is 2.06. The number of benzene rings is 1. The molecule has 2 N–H and O–H groups in total. The summed E-state index contributed by atoms with van der Waals surface area (Å²) in [6, 6.07) is 11.3. The van der Waals surface area contributed by atoms with Gasteiger partial charge in [-0.15, -0.1) is 0 Å². The van der Waals surface area contributed by atoms with Gasteiger partial charge in [0.05, 0.1) is 18.4 Å². The standard InChI is InChI=1S/C18H22N2O3/c21-13-14-5-3-9-20(12-14)18(22)16-7-1-2-8-17(16)19-11-15-6-4-10-23-15/h1-2,4,6-8,10,14,19,21H,3,5,9,11-13H2. The van der Waals surface area contributed by atoms with Crippen molar-refractivity contribution in [3.63, 3.8) is 0 Å². The summed E-state index contributed by atoms with van der Waals surface area (Å²) in [4.78, 5) is 14.7. The molecular formula is C18H22N2O3. The summed E-state index contributed by atoms with van der Waals surface area (Å²) in [7, 11) is 0. The maximum atomic E-state index is 12.8. The van der Waals surface area contributed by atoms with E-state index in [1.807, 2.05) is 41.3 Å². The fourth-order valence-corrected chi connectivity index (χ4v) is 2.99. The monoisotopic (exact) mass is 314 g/mol. The highest BCUT2D eigenvalue weighted by Crippen LogP contribution is 2.22. The Morgan fingerprint density at radius 3 is 2.96 bits per heavy atom. The fraction of sp³-hybridized carbons (Fsp3) is 0.389. The molecule has 2 aromatic rings. The number of amides is 1. The summed E-state index contributed by atoms with van der Waals surface area (Å²) >= 11 is 0. The van der Waals surface area contributed by atoms with Gasteiger partial charge < -0.3 is 19.7 Å². The Morgan fingerprint density at radius 1 is 1.30 bits per heavy atom. The number of hydrogen-bond donors (Lipinski definition) is 2. The third-order valence-corrected chi connectivity index (χ3v) is 4.26. The second kappa shape index (κ2) is 7.33. The molecule has 1 saturated heterocycles. The molecular weight excluding hydrogens is 292 g/mol. The second-order valence-electron chi connectivity index (χ2n) is 5.92. The molecule has 5 heteroatoms. The van der Waals surface area contributed by atoms with E-state index in [1.165, 1.54) is 0 Å². The number of furan rings is 1. The van der Waals surface area contributed by atoms with Gasteiger partial charge in [-0.2, -0.15) is 0 Å². The van der Waals surface area contributed by atoms with Crippen LogP contribution in [-0.2, 0) is 6.54 Å². The van der Waals surface area contributed by atoms with Gasteiger partial charge in [-0.05, 0) is 43.0 Å². The lowest BCUT2D eigenvalue weighted by Gasteiger charge is -2.32. The molecule has 1 aromatic heterocycles. The van der Waals surface area contributed by atoms with Crippen LogP contribution in [0, 0.1) is 5.92 Å². The van der Waals surface area contributed by atoms with Crippen LogP contribution in [-0.4, -0.2) is 35.6 Å². The number of nitrogens with zero attached hydrogens (tertiary/aromatic N) is 1. The van der Waals surface area contributed by atoms with Gasteiger partial charge >= 0.3 is 0 Å². The van der Waals surface area contributed by atoms with E-state index in [0.717, 1.165) is 30.8 Å². The Bertz CT molecular complexity index is 639. The first-order chi connectivity index (χ1) is 11.3. The zero-order valence-corrected chi connectivity index (χ0v) is 13.1. The van der Waals surface area contributed by atoms with Crippen molar-refractivity contribution in [2.75, 3.05) is 25.0 Å². The molecule has 1 atom stereocenters. The van der Waals surface area contributed by atoms with Crippen LogP contribution in [0.2, 0.25) is 0 Å². The zero-order chi connectivity index (χ0) is 16.1. The number of likely N-dealkylation sites (tertiary alicyclic amines) is 1. The lowest BCUT2D eigenvalue weighted by molar-refractivity contribution is 0.0621. The zero-order valence-electron chi connectivity index (χ0n) is 13.1. The minimum Gasteiger partial charge on any atom is -0.467 e. The van der Waals surface area contributed by atoms with Gasteiger partial charge in [0, 0.05) is 25.4 Å². The van der Waals surface area contributed by atoms with E-state index in [4.69, 9.17) is 4.42 Å². The van der Waals surface area contributed by atoms with Crippen LogP contribution in [0.4, 0.5) is 5.69 Å². The first kappa shape index (κ1) is 15.6. The average Bonchev–Trinajstić information content (AvgIpc) is 3.13. The van der Waals surface area contributed by atoms with Gasteiger partial charge in [-0.25, -0.2) is 0 Å². The van der Waals surface area contributed by atoms with Crippen LogP contribution >= 0.6 is 0 Å². The Balaban J connectivity index is 1.72. The molecule has 3 rings (SSSR count). The minimum absolute atomic E-state index is 0.0192. The van der Waals surface area contributed by atoms with Crippen molar-refractivity contribution in [2.24, 2.45) is 5.92 Å². The Morgan fingerprint density at radius 2 is 2.17 bits per heavy atom. The van der Waals surface area contributed by atoms with E-state index in [0.29, 0.717) is 18.7 Å². The molecule has 0 saturated carbocycles. The number of aliphatic hydroxyl groups excluding tert-OH is 1. The van der Waals surface area contributed by atoms with Crippen molar-refractivity contribution in [2.45, 2.75) is 19.4 Å². The summed E-state index contributed by atoms with van der Waals surface area (Å²) in [5.74, 6) is 1.03. The number of aliphatic hydroxyl groups is 1. The molecule has 1 aliphatic heterocycles. The predicted octanol–water partition coefficient (Wildman–Crippen LogP) is 2.74. The molecule has 122 valence electrons. The molecule has 2 heterocycles. The normalized spacial score (nSPS) is 18.0. The SMILES string of the molecule is O=C(c1ccccc1NCc1ccco1)N1CCCC(CO)C1. The molecule has 1 aliphatic rings. The third kappa shape index (κ3) is 3.74. The van der Waals surface area contributed by atoms with Crippen LogP contribution in [0.5, 0.6) is 0 Å². The van der Waals surface area contributed by atoms with Crippen LogP contribution in [0.15, 0.2) is 47.1 Å². The van der Waals surface area contributed by atoms with Gasteiger partial charge in [0.2, 0.25) is 0 Å². The molecule has 1 unspecified atom stereocenters. The van der Waals surface area contributed by atoms with Crippen LogP contribution in [0.1, 0.15) is 29.0 Å². The summed E-state index contributed by atoms with van der Waals surface area (Å²) in [5, 5.41) is 12.6. The topological polar surface area (TPSA) is 65.7 Å². The third-order valence-electron chi connectivity index (χ3n) is 4.26. The van der Waals surface area contributed by atoms with Gasteiger partial charge in [0.1, 0.15) is 5.76 Å². The van der Waals surface area contributed by atoms with Gasteiger partial charge in [0.25, 0.3) is 5.91 Å². The van der Waals surface area contributed by atoms with E-state index in [-0.39, 0.29) is 18.4 Å². The smallest absolute Gasteiger partial charge is 0.255 e. The quantitative estimate of drug-likeness (QED) is 0.890. The number of carbonyl (C=O) groups excluding carboxylic acids is 1. The average molecular weight is 314 g/mol. The summed E-state index contributed by atoms with van der Waals surface area (Å²) in [5.41, 5.74) is 1.47. The lowest BCUT2D eigenvalue weighted by atomic mass is 9.98. The number of piperidine rings is 1. The first-order valence-electron chi connectivity index (χ1n) is 8.03. The van der Waals surface area contributed by atoms with Crippen LogP contribution in [0.25, 0.3) is 0 Å². The maximum Gasteiger partial charge on any atom is 0.255 e. The number of nitrogens with one attached hydrogen (secondary N) is 1. The van der Waals surface area contributed by atoms with Crippen molar-refractivity contribution in [3.8, 4) is 0 Å². The summed E-state index contributed by atoms with van der Waals surface area (Å²) < 4.78 is 5.31. The van der Waals surface area contributed by atoms with Crippen molar-refractivity contribution in [3.05, 3.63) is 54.0 Å². The molecule has 1 fully saturated rings. The Labute approximate surface area is 135 Å². The molecule has 0 spiro atoms. The molecule has 0 aliphatic carbocycles. The Hall–Kier alpha value is -2.27. The van der Waals surface area contributed by atoms with E-state index in [1.54, 1.807) is 6.26 Å². The minimum atomic E-state index is 0.0192. The molecule has 5 nitrogen and oxygen atoms in total. The van der Waals surface area contributed by atoms with Crippen LogP contribution < -0.4 is 5.32 Å². The lowest BCUT2D eigenvalue weighted by Crippen LogP contribution is -2.41. The Kier molecular flexibility index (Phi) is 4.98.